The van der Waals surface area contributed by atoms with Crippen molar-refractivity contribution < 1.29 is 0 Å². The Labute approximate surface area is 125 Å². The highest BCUT2D eigenvalue weighted by molar-refractivity contribution is 9.10. The molecule has 0 spiro atoms. The molecule has 0 fully saturated rings. The monoisotopic (exact) mass is 325 g/mol. The third-order valence-corrected chi connectivity index (χ3v) is 4.60. The van der Waals surface area contributed by atoms with E-state index >= 15 is 0 Å². The molecule has 0 amide bonds. The summed E-state index contributed by atoms with van der Waals surface area (Å²) in [6.45, 7) is 4.00. The van der Waals surface area contributed by atoms with Crippen LogP contribution in [-0.4, -0.2) is 9.78 Å². The van der Waals surface area contributed by atoms with Crippen molar-refractivity contribution >= 4 is 26.7 Å². The van der Waals surface area contributed by atoms with Crippen molar-refractivity contribution in [2.45, 2.75) is 13.8 Å². The lowest BCUT2D eigenvalue weighted by Crippen LogP contribution is -2.00. The van der Waals surface area contributed by atoms with Crippen molar-refractivity contribution in [1.29, 1.82) is 5.26 Å². The predicted octanol–water partition coefficient (Wildman–Crippen LogP) is 4.28. The Morgan fingerprint density at radius 3 is 2.40 bits per heavy atom. The molecular formula is C16H12BrN3. The minimum Gasteiger partial charge on any atom is -0.236 e. The Hall–Kier alpha value is -2.12. The third kappa shape index (κ3) is 1.83. The van der Waals surface area contributed by atoms with E-state index < -0.39 is 0 Å². The molecule has 20 heavy (non-hydrogen) atoms. The van der Waals surface area contributed by atoms with Crippen LogP contribution in [0, 0.1) is 25.2 Å². The number of benzene rings is 2. The smallest absolute Gasteiger partial charge is 0.0998 e. The zero-order chi connectivity index (χ0) is 14.3. The Kier molecular flexibility index (Phi) is 3.07. The van der Waals surface area contributed by atoms with Gasteiger partial charge in [0.25, 0.3) is 0 Å². The van der Waals surface area contributed by atoms with Crippen LogP contribution >= 0.6 is 15.9 Å². The van der Waals surface area contributed by atoms with Crippen LogP contribution in [0.5, 0.6) is 0 Å². The summed E-state index contributed by atoms with van der Waals surface area (Å²) in [5, 5.41) is 15.8. The number of hydrogen-bond donors (Lipinski definition) is 0. The summed E-state index contributed by atoms with van der Waals surface area (Å²) < 4.78 is 2.94. The molecule has 98 valence electrons. The first kappa shape index (κ1) is 12.9. The molecule has 0 aliphatic carbocycles. The van der Waals surface area contributed by atoms with Crippen molar-refractivity contribution in [2.75, 3.05) is 0 Å². The lowest BCUT2D eigenvalue weighted by molar-refractivity contribution is 0.839. The average molecular weight is 326 g/mol. The summed E-state index contributed by atoms with van der Waals surface area (Å²) in [5.74, 6) is 0. The van der Waals surface area contributed by atoms with Gasteiger partial charge in [-0.25, -0.2) is 4.68 Å². The minimum atomic E-state index is 0.685. The molecule has 0 unspecified atom stereocenters. The van der Waals surface area contributed by atoms with E-state index in [0.29, 0.717) is 5.56 Å². The quantitative estimate of drug-likeness (QED) is 0.670. The molecule has 0 atom stereocenters. The molecule has 0 aliphatic heterocycles. The summed E-state index contributed by atoms with van der Waals surface area (Å²) >= 11 is 3.55. The molecule has 3 aromatic rings. The van der Waals surface area contributed by atoms with E-state index in [2.05, 4.69) is 27.1 Å². The van der Waals surface area contributed by atoms with Crippen molar-refractivity contribution in [3.63, 3.8) is 0 Å². The summed E-state index contributed by atoms with van der Waals surface area (Å²) in [7, 11) is 0. The predicted molar refractivity (Wildman–Crippen MR) is 83.0 cm³/mol. The second-order valence-electron chi connectivity index (χ2n) is 4.69. The Morgan fingerprint density at radius 1 is 1.10 bits per heavy atom. The molecule has 3 rings (SSSR count). The van der Waals surface area contributed by atoms with Gasteiger partial charge in [0.05, 0.1) is 33.2 Å². The standard InChI is InChI=1S/C16H12BrN3/c1-10-16(17)11(2)20(19-10)15-8-7-12(9-18)13-5-3-4-6-14(13)15/h3-8H,1-2H3. The van der Waals surface area contributed by atoms with Crippen LogP contribution in [0.3, 0.4) is 0 Å². The summed E-state index contributed by atoms with van der Waals surface area (Å²) in [5.41, 5.74) is 3.68. The van der Waals surface area contributed by atoms with Gasteiger partial charge < -0.3 is 0 Å². The van der Waals surface area contributed by atoms with E-state index in [0.717, 1.165) is 32.3 Å². The fraction of sp³-hybridized carbons (Fsp3) is 0.125. The van der Waals surface area contributed by atoms with Crippen molar-refractivity contribution in [3.8, 4) is 11.8 Å². The summed E-state index contributed by atoms with van der Waals surface area (Å²) in [6.07, 6.45) is 0. The maximum Gasteiger partial charge on any atom is 0.0998 e. The molecule has 1 aromatic heterocycles. The number of nitriles is 1. The van der Waals surface area contributed by atoms with Crippen molar-refractivity contribution in [1.82, 2.24) is 9.78 Å². The third-order valence-electron chi connectivity index (χ3n) is 3.45. The van der Waals surface area contributed by atoms with Crippen LogP contribution in [0.15, 0.2) is 40.9 Å². The van der Waals surface area contributed by atoms with Crippen molar-refractivity contribution in [3.05, 3.63) is 57.8 Å². The van der Waals surface area contributed by atoms with E-state index in [4.69, 9.17) is 0 Å². The first-order chi connectivity index (χ1) is 9.63. The number of aryl methyl sites for hydroxylation is 1. The molecule has 0 saturated carbocycles. The maximum atomic E-state index is 9.22. The molecular weight excluding hydrogens is 314 g/mol. The van der Waals surface area contributed by atoms with Crippen LogP contribution in [-0.2, 0) is 0 Å². The second kappa shape index (κ2) is 4.77. The second-order valence-corrected chi connectivity index (χ2v) is 5.48. The highest BCUT2D eigenvalue weighted by atomic mass is 79.9. The van der Waals surface area contributed by atoms with E-state index in [1.54, 1.807) is 0 Å². The Morgan fingerprint density at radius 2 is 1.80 bits per heavy atom. The van der Waals surface area contributed by atoms with E-state index in [-0.39, 0.29) is 0 Å². The zero-order valence-electron chi connectivity index (χ0n) is 11.2. The summed E-state index contributed by atoms with van der Waals surface area (Å²) in [6, 6.07) is 14.0. The fourth-order valence-electron chi connectivity index (χ4n) is 2.42. The molecule has 3 nitrogen and oxygen atoms in total. The minimum absolute atomic E-state index is 0.685. The lowest BCUT2D eigenvalue weighted by atomic mass is 10.0. The number of aromatic nitrogens is 2. The first-order valence-electron chi connectivity index (χ1n) is 6.27. The largest absolute Gasteiger partial charge is 0.236 e. The van der Waals surface area contributed by atoms with Gasteiger partial charge >= 0.3 is 0 Å². The molecule has 0 radical (unpaired) electrons. The Balaban J connectivity index is 2.38. The van der Waals surface area contributed by atoms with Crippen LogP contribution in [0.2, 0.25) is 0 Å². The lowest BCUT2D eigenvalue weighted by Gasteiger charge is -2.09. The van der Waals surface area contributed by atoms with Gasteiger partial charge in [0.2, 0.25) is 0 Å². The first-order valence-corrected chi connectivity index (χ1v) is 7.06. The number of rotatable bonds is 1. The molecule has 0 bridgehead atoms. The Bertz CT molecular complexity index is 856. The van der Waals surface area contributed by atoms with Gasteiger partial charge in [0, 0.05) is 10.8 Å². The fourth-order valence-corrected chi connectivity index (χ4v) is 2.67. The number of fused-ring (bicyclic) bond motifs is 1. The van der Waals surface area contributed by atoms with Crippen molar-refractivity contribution in [2.24, 2.45) is 0 Å². The molecule has 0 saturated heterocycles. The van der Waals surface area contributed by atoms with E-state index in [1.807, 2.05) is 54.9 Å². The van der Waals surface area contributed by atoms with Gasteiger partial charge in [0.1, 0.15) is 0 Å². The maximum absolute atomic E-state index is 9.22. The van der Waals surface area contributed by atoms with Crippen LogP contribution in [0.25, 0.3) is 16.5 Å². The highest BCUT2D eigenvalue weighted by Gasteiger charge is 2.13. The van der Waals surface area contributed by atoms with E-state index in [9.17, 15) is 5.26 Å². The van der Waals surface area contributed by atoms with Gasteiger partial charge in [-0.1, -0.05) is 24.3 Å². The summed E-state index contributed by atoms with van der Waals surface area (Å²) in [4.78, 5) is 0. The van der Waals surface area contributed by atoms with Crippen LogP contribution in [0.1, 0.15) is 17.0 Å². The topological polar surface area (TPSA) is 41.6 Å². The number of hydrogen-bond acceptors (Lipinski definition) is 2. The zero-order valence-corrected chi connectivity index (χ0v) is 12.8. The highest BCUT2D eigenvalue weighted by Crippen LogP contribution is 2.29. The van der Waals surface area contributed by atoms with Gasteiger partial charge in [-0.3, -0.25) is 0 Å². The van der Waals surface area contributed by atoms with Crippen LogP contribution < -0.4 is 0 Å². The SMILES string of the molecule is Cc1nn(-c2ccc(C#N)c3ccccc23)c(C)c1Br. The normalized spacial score (nSPS) is 10.7. The molecule has 0 aliphatic rings. The van der Waals surface area contributed by atoms with E-state index in [1.165, 1.54) is 0 Å². The molecule has 4 heteroatoms. The van der Waals surface area contributed by atoms with Gasteiger partial charge in [-0.2, -0.15) is 10.4 Å². The molecule has 0 N–H and O–H groups in total. The molecule has 2 aromatic carbocycles. The van der Waals surface area contributed by atoms with Gasteiger partial charge in [-0.05, 0) is 41.9 Å². The molecule has 1 heterocycles. The van der Waals surface area contributed by atoms with Gasteiger partial charge in [-0.15, -0.1) is 0 Å². The average Bonchev–Trinajstić information content (AvgIpc) is 2.73. The van der Waals surface area contributed by atoms with Gasteiger partial charge in [0.15, 0.2) is 0 Å². The number of nitrogens with zero attached hydrogens (tertiary/aromatic N) is 3. The van der Waals surface area contributed by atoms with Crippen LogP contribution in [0.4, 0.5) is 0 Å². The number of halogens is 1.